The summed E-state index contributed by atoms with van der Waals surface area (Å²) in [6.07, 6.45) is 0.738. The third-order valence-corrected chi connectivity index (χ3v) is 9.31. The van der Waals surface area contributed by atoms with Crippen molar-refractivity contribution < 1.29 is 27.5 Å². The Labute approximate surface area is 239 Å². The third kappa shape index (κ3) is 6.67. The molecule has 1 aliphatic rings. The Bertz CT molecular complexity index is 1560. The number of piperazine rings is 1. The van der Waals surface area contributed by atoms with Gasteiger partial charge in [-0.25, -0.2) is 13.4 Å². The molecule has 1 aliphatic heterocycles. The molecular weight excluding hydrogens is 542 g/mol. The molecule has 2 heterocycles. The van der Waals surface area contributed by atoms with Crippen LogP contribution in [0.2, 0.25) is 0 Å². The molecule has 0 aliphatic carbocycles. The average molecular weight is 576 g/mol. The summed E-state index contributed by atoms with van der Waals surface area (Å²) in [5.74, 6) is 0.928. The molecule has 0 radical (unpaired) electrons. The van der Waals surface area contributed by atoms with Gasteiger partial charge < -0.3 is 19.6 Å². The van der Waals surface area contributed by atoms with Gasteiger partial charge in [-0.15, -0.1) is 0 Å². The number of rotatable bonds is 11. The molecule has 214 valence electrons. The lowest BCUT2D eigenvalue weighted by atomic mass is 10.0. The number of nitrogens with one attached hydrogen (secondary N) is 1. The van der Waals surface area contributed by atoms with Crippen molar-refractivity contribution in [2.75, 3.05) is 26.2 Å². The second-order valence-electron chi connectivity index (χ2n) is 9.94. The number of aromatic nitrogens is 1. The van der Waals surface area contributed by atoms with Crippen molar-refractivity contribution in [3.8, 4) is 17.2 Å². The Morgan fingerprint density at radius 1 is 1.07 bits per heavy atom. The molecule has 4 aromatic rings. The van der Waals surface area contributed by atoms with Gasteiger partial charge in [-0.1, -0.05) is 48.5 Å². The summed E-state index contributed by atoms with van der Waals surface area (Å²) in [6.45, 7) is 3.26. The van der Waals surface area contributed by atoms with Gasteiger partial charge in [0.05, 0.1) is 17.2 Å². The fourth-order valence-electron chi connectivity index (χ4n) is 5.03. The maximum absolute atomic E-state index is 13.4. The highest BCUT2D eigenvalue weighted by molar-refractivity contribution is 7.92. The number of nitrogens with zero attached hydrogens (tertiary/aromatic N) is 2. The van der Waals surface area contributed by atoms with Crippen LogP contribution in [0.25, 0.3) is 11.5 Å². The Morgan fingerprint density at radius 2 is 1.76 bits per heavy atom. The van der Waals surface area contributed by atoms with E-state index in [0.29, 0.717) is 37.8 Å². The standard InChI is InChI=1S/C31H33N3O6S/c1-22-27(33-30(40-22)24-8-4-2-5-9-24)16-19-39-25-14-12-23(13-15-25)20-28(31(35)36)34-18-17-32-21-29(34)41(37,38)26-10-6-3-7-11-26/h2-15,28-29,32H,16-21H2,1H3,(H,35,36)/t28-,29?/m0/s1. The molecule has 1 aromatic heterocycles. The second-order valence-corrected chi connectivity index (χ2v) is 12.0. The quantitative estimate of drug-likeness (QED) is 0.274. The number of ether oxygens (including phenoxy) is 1. The van der Waals surface area contributed by atoms with Crippen molar-refractivity contribution in [2.45, 2.75) is 36.1 Å². The highest BCUT2D eigenvalue weighted by atomic mass is 32.2. The minimum atomic E-state index is -3.77. The van der Waals surface area contributed by atoms with Crippen LogP contribution in [-0.4, -0.2) is 67.0 Å². The van der Waals surface area contributed by atoms with Gasteiger partial charge in [-0.3, -0.25) is 9.69 Å². The van der Waals surface area contributed by atoms with Crippen LogP contribution >= 0.6 is 0 Å². The van der Waals surface area contributed by atoms with Crippen molar-refractivity contribution in [1.29, 1.82) is 0 Å². The Balaban J connectivity index is 1.22. The summed E-state index contributed by atoms with van der Waals surface area (Å²) in [5, 5.41) is 12.2. The van der Waals surface area contributed by atoms with Crippen LogP contribution in [0.15, 0.2) is 94.2 Å². The van der Waals surface area contributed by atoms with E-state index in [9.17, 15) is 18.3 Å². The summed E-state index contributed by atoms with van der Waals surface area (Å²) in [6, 6.07) is 24.1. The predicted molar refractivity (Wildman–Crippen MR) is 154 cm³/mol. The lowest BCUT2D eigenvalue weighted by molar-refractivity contribution is -0.143. The highest BCUT2D eigenvalue weighted by Crippen LogP contribution is 2.25. The zero-order valence-corrected chi connectivity index (χ0v) is 23.6. The van der Waals surface area contributed by atoms with Crippen LogP contribution in [-0.2, 0) is 27.5 Å². The fourth-order valence-corrected chi connectivity index (χ4v) is 6.82. The number of hydrogen-bond acceptors (Lipinski definition) is 8. The minimum absolute atomic E-state index is 0.158. The summed E-state index contributed by atoms with van der Waals surface area (Å²) in [4.78, 5) is 18.8. The molecule has 5 rings (SSSR count). The summed E-state index contributed by atoms with van der Waals surface area (Å²) >= 11 is 0. The fraction of sp³-hybridized carbons (Fsp3) is 0.290. The SMILES string of the molecule is Cc1oc(-c2ccccc2)nc1CCOc1ccc(C[C@@H](C(=O)O)N2CCNCC2S(=O)(=O)c2ccccc2)cc1. The van der Waals surface area contributed by atoms with E-state index < -0.39 is 27.2 Å². The van der Waals surface area contributed by atoms with E-state index in [1.807, 2.05) is 49.4 Å². The molecule has 0 amide bonds. The maximum atomic E-state index is 13.4. The van der Waals surface area contributed by atoms with E-state index >= 15 is 0 Å². The summed E-state index contributed by atoms with van der Waals surface area (Å²) in [5.41, 5.74) is 2.53. The summed E-state index contributed by atoms with van der Waals surface area (Å²) in [7, 11) is -3.77. The topological polar surface area (TPSA) is 122 Å². The van der Waals surface area contributed by atoms with Gasteiger partial charge >= 0.3 is 5.97 Å². The number of carboxylic acid groups (broad SMARTS) is 1. The Morgan fingerprint density at radius 3 is 2.44 bits per heavy atom. The third-order valence-electron chi connectivity index (χ3n) is 7.22. The molecule has 2 N–H and O–H groups in total. The van der Waals surface area contributed by atoms with E-state index in [0.717, 1.165) is 22.6 Å². The molecule has 9 nitrogen and oxygen atoms in total. The minimum Gasteiger partial charge on any atom is -0.493 e. The smallest absolute Gasteiger partial charge is 0.321 e. The van der Waals surface area contributed by atoms with Gasteiger partial charge in [-0.2, -0.15) is 0 Å². The van der Waals surface area contributed by atoms with E-state index in [1.54, 1.807) is 47.4 Å². The van der Waals surface area contributed by atoms with Crippen molar-refractivity contribution in [1.82, 2.24) is 15.2 Å². The Kier molecular flexibility index (Phi) is 8.82. The number of benzene rings is 3. The van der Waals surface area contributed by atoms with Crippen LogP contribution in [0.5, 0.6) is 5.75 Å². The van der Waals surface area contributed by atoms with Crippen LogP contribution < -0.4 is 10.1 Å². The predicted octanol–water partition coefficient (Wildman–Crippen LogP) is 3.97. The number of aliphatic carboxylic acids is 1. The van der Waals surface area contributed by atoms with E-state index in [2.05, 4.69) is 10.3 Å². The highest BCUT2D eigenvalue weighted by Gasteiger charge is 2.40. The van der Waals surface area contributed by atoms with Crippen LogP contribution in [0.3, 0.4) is 0 Å². The largest absolute Gasteiger partial charge is 0.493 e. The van der Waals surface area contributed by atoms with Crippen molar-refractivity contribution >= 4 is 15.8 Å². The van der Waals surface area contributed by atoms with Gasteiger partial charge in [0.25, 0.3) is 0 Å². The molecule has 1 saturated heterocycles. The molecule has 0 saturated carbocycles. The molecule has 41 heavy (non-hydrogen) atoms. The normalized spacial score (nSPS) is 16.8. The van der Waals surface area contributed by atoms with E-state index in [4.69, 9.17) is 9.15 Å². The first kappa shape index (κ1) is 28.5. The number of sulfone groups is 1. The van der Waals surface area contributed by atoms with E-state index in [1.165, 1.54) is 0 Å². The zero-order valence-electron chi connectivity index (χ0n) is 22.8. The first-order valence-corrected chi connectivity index (χ1v) is 15.1. The lowest BCUT2D eigenvalue weighted by Gasteiger charge is -2.39. The van der Waals surface area contributed by atoms with Gasteiger partial charge in [0.1, 0.15) is 22.9 Å². The molecule has 3 aromatic carbocycles. The number of aryl methyl sites for hydroxylation is 1. The first-order valence-electron chi connectivity index (χ1n) is 13.5. The molecular formula is C31H33N3O6S. The van der Waals surface area contributed by atoms with Crippen LogP contribution in [0, 0.1) is 6.92 Å². The molecule has 10 heteroatoms. The number of oxazole rings is 1. The molecule has 1 unspecified atom stereocenters. The molecule has 0 spiro atoms. The molecule has 2 atom stereocenters. The average Bonchev–Trinajstić information content (AvgIpc) is 3.37. The number of carbonyl (C=O) groups is 1. The second kappa shape index (κ2) is 12.7. The monoisotopic (exact) mass is 575 g/mol. The number of carboxylic acids is 1. The van der Waals surface area contributed by atoms with Crippen LogP contribution in [0.4, 0.5) is 0 Å². The molecule has 1 fully saturated rings. The zero-order chi connectivity index (χ0) is 28.8. The lowest BCUT2D eigenvalue weighted by Crippen LogP contribution is -2.60. The van der Waals surface area contributed by atoms with Crippen molar-refractivity contribution in [3.63, 3.8) is 0 Å². The van der Waals surface area contributed by atoms with Gasteiger partial charge in [0.15, 0.2) is 9.84 Å². The molecule has 0 bridgehead atoms. The maximum Gasteiger partial charge on any atom is 0.321 e. The van der Waals surface area contributed by atoms with E-state index in [-0.39, 0.29) is 17.9 Å². The Hall–Kier alpha value is -3.99. The van der Waals surface area contributed by atoms with Gasteiger partial charge in [0.2, 0.25) is 5.89 Å². The van der Waals surface area contributed by atoms with Crippen molar-refractivity contribution in [3.05, 3.63) is 102 Å². The first-order chi connectivity index (χ1) is 19.8. The van der Waals surface area contributed by atoms with Crippen LogP contribution in [0.1, 0.15) is 17.0 Å². The summed E-state index contributed by atoms with van der Waals surface area (Å²) < 4.78 is 38.6. The van der Waals surface area contributed by atoms with Crippen molar-refractivity contribution in [2.24, 2.45) is 0 Å². The van der Waals surface area contributed by atoms with Gasteiger partial charge in [0, 0.05) is 31.6 Å². The number of hydrogen-bond donors (Lipinski definition) is 2. The van der Waals surface area contributed by atoms with Gasteiger partial charge in [-0.05, 0) is 55.3 Å².